The first-order valence-corrected chi connectivity index (χ1v) is 17.6. The molecule has 3 aromatic rings. The molecule has 0 unspecified atom stereocenters. The van der Waals surface area contributed by atoms with Crippen LogP contribution < -0.4 is 0 Å². The summed E-state index contributed by atoms with van der Waals surface area (Å²) >= 11 is 0. The summed E-state index contributed by atoms with van der Waals surface area (Å²) in [6.07, 6.45) is 7.53. The number of carbonyl (C=O) groups excluding carboxylic acids is 2. The molecule has 2 aromatic carbocycles. The number of ether oxygens (including phenoxy) is 2. The SMILES string of the molecule is CC(C)(C)OC(=O)N(CC1(c2cc(C3CCN(CC4(C(=O)OCc5ccccc5)CCC4)CC3)on2)CC1)[C@@H]1C[C@H]1c1ccccc1. The van der Waals surface area contributed by atoms with Crippen molar-refractivity contribution in [3.8, 4) is 0 Å². The maximum Gasteiger partial charge on any atom is 0.410 e. The molecule has 1 aliphatic heterocycles. The number of likely N-dealkylation sites (tertiary alicyclic amines) is 1. The smallest absolute Gasteiger partial charge is 0.410 e. The molecule has 0 bridgehead atoms. The van der Waals surface area contributed by atoms with Gasteiger partial charge in [-0.2, -0.15) is 0 Å². The Morgan fingerprint density at radius 1 is 0.979 bits per heavy atom. The van der Waals surface area contributed by atoms with E-state index >= 15 is 0 Å². The van der Waals surface area contributed by atoms with Crippen LogP contribution in [0, 0.1) is 5.41 Å². The van der Waals surface area contributed by atoms with Gasteiger partial charge in [0.05, 0.1) is 11.1 Å². The van der Waals surface area contributed by atoms with E-state index in [1.54, 1.807) is 0 Å². The highest BCUT2D eigenvalue weighted by Crippen LogP contribution is 2.53. The lowest BCUT2D eigenvalue weighted by molar-refractivity contribution is -0.165. The maximum atomic E-state index is 13.5. The minimum absolute atomic E-state index is 0.0500. The van der Waals surface area contributed by atoms with Crippen LogP contribution in [0.3, 0.4) is 0 Å². The molecule has 8 nitrogen and oxygen atoms in total. The molecule has 3 aliphatic carbocycles. The second kappa shape index (κ2) is 12.8. The number of piperidine rings is 1. The molecule has 0 N–H and O–H groups in total. The number of aromatic nitrogens is 1. The van der Waals surface area contributed by atoms with E-state index in [1.807, 2.05) is 62.1 Å². The molecule has 0 radical (unpaired) electrons. The Hall–Kier alpha value is -3.65. The van der Waals surface area contributed by atoms with Crippen LogP contribution in [0.5, 0.6) is 0 Å². The van der Waals surface area contributed by atoms with E-state index in [9.17, 15) is 9.59 Å². The van der Waals surface area contributed by atoms with Gasteiger partial charge in [-0.05, 0) is 89.9 Å². The average molecular weight is 640 g/mol. The number of nitrogens with zero attached hydrogens (tertiary/aromatic N) is 3. The van der Waals surface area contributed by atoms with E-state index in [4.69, 9.17) is 14.0 Å². The zero-order valence-corrected chi connectivity index (χ0v) is 28.2. The first kappa shape index (κ1) is 31.9. The molecule has 4 aliphatic rings. The van der Waals surface area contributed by atoms with Gasteiger partial charge < -0.3 is 23.8 Å². The normalized spacial score (nSPS) is 23.4. The summed E-state index contributed by atoms with van der Waals surface area (Å²) in [6, 6.07) is 22.7. The molecule has 250 valence electrons. The van der Waals surface area contributed by atoms with E-state index in [1.165, 1.54) is 5.56 Å². The number of hydrogen-bond donors (Lipinski definition) is 0. The van der Waals surface area contributed by atoms with Gasteiger partial charge >= 0.3 is 12.1 Å². The molecule has 8 heteroatoms. The van der Waals surface area contributed by atoms with Crippen molar-refractivity contribution in [3.63, 3.8) is 0 Å². The molecule has 0 spiro atoms. The van der Waals surface area contributed by atoms with Crippen LogP contribution >= 0.6 is 0 Å². The summed E-state index contributed by atoms with van der Waals surface area (Å²) in [6.45, 7) is 9.33. The lowest BCUT2D eigenvalue weighted by Crippen LogP contribution is -2.50. The molecule has 2 heterocycles. The van der Waals surface area contributed by atoms with Crippen molar-refractivity contribution in [1.29, 1.82) is 0 Å². The van der Waals surface area contributed by atoms with E-state index in [0.29, 0.717) is 25.0 Å². The molecule has 47 heavy (non-hydrogen) atoms. The van der Waals surface area contributed by atoms with Crippen LogP contribution in [0.15, 0.2) is 71.3 Å². The Labute approximate surface area is 278 Å². The van der Waals surface area contributed by atoms with Crippen LogP contribution in [0.25, 0.3) is 0 Å². The van der Waals surface area contributed by atoms with Gasteiger partial charge in [-0.15, -0.1) is 0 Å². The highest BCUT2D eigenvalue weighted by atomic mass is 16.6. The standard InChI is InChI=1S/C39H49N3O5/c1-37(2,3)46-36(44)42(32-23-31(32)29-13-8-5-9-14-29)27-38(19-20-38)34-24-33(47-40-34)30-15-21-41(22-16-30)26-39(17-10-18-39)35(43)45-25-28-11-6-4-7-12-28/h4-9,11-14,24,30-32H,10,15-23,25-27H2,1-3H3/t31-,32+/m0/s1. The second-order valence-corrected chi connectivity index (χ2v) is 15.6. The van der Waals surface area contributed by atoms with E-state index < -0.39 is 5.60 Å². The number of esters is 1. The number of rotatable bonds is 11. The summed E-state index contributed by atoms with van der Waals surface area (Å²) in [5.74, 6) is 1.54. The third-order valence-corrected chi connectivity index (χ3v) is 10.9. The summed E-state index contributed by atoms with van der Waals surface area (Å²) in [5, 5.41) is 4.61. The second-order valence-electron chi connectivity index (χ2n) is 15.6. The Morgan fingerprint density at radius 3 is 2.28 bits per heavy atom. The van der Waals surface area contributed by atoms with Crippen LogP contribution in [-0.4, -0.2) is 64.8 Å². The van der Waals surface area contributed by atoms with Crippen LogP contribution in [0.2, 0.25) is 0 Å². The number of hydrogen-bond acceptors (Lipinski definition) is 7. The van der Waals surface area contributed by atoms with Crippen molar-refractivity contribution in [1.82, 2.24) is 15.0 Å². The zero-order chi connectivity index (χ0) is 32.6. The summed E-state index contributed by atoms with van der Waals surface area (Å²) < 4.78 is 17.7. The zero-order valence-electron chi connectivity index (χ0n) is 28.2. The summed E-state index contributed by atoms with van der Waals surface area (Å²) in [7, 11) is 0. The van der Waals surface area contributed by atoms with Gasteiger partial charge in [-0.3, -0.25) is 4.79 Å². The highest BCUT2D eigenvalue weighted by Gasteiger charge is 2.54. The minimum atomic E-state index is -0.556. The van der Waals surface area contributed by atoms with Crippen molar-refractivity contribution in [2.45, 2.75) is 108 Å². The molecule has 2 atom stereocenters. The van der Waals surface area contributed by atoms with E-state index in [0.717, 1.165) is 88.0 Å². The van der Waals surface area contributed by atoms with Crippen molar-refractivity contribution in [2.75, 3.05) is 26.2 Å². The van der Waals surface area contributed by atoms with Crippen molar-refractivity contribution in [3.05, 3.63) is 89.3 Å². The van der Waals surface area contributed by atoms with Crippen LogP contribution in [-0.2, 0) is 26.3 Å². The fourth-order valence-electron chi connectivity index (χ4n) is 7.64. The monoisotopic (exact) mass is 639 g/mol. The lowest BCUT2D eigenvalue weighted by Gasteiger charge is -2.44. The molecule has 1 aromatic heterocycles. The predicted molar refractivity (Wildman–Crippen MR) is 179 cm³/mol. The van der Waals surface area contributed by atoms with Crippen LogP contribution in [0.4, 0.5) is 4.79 Å². The first-order chi connectivity index (χ1) is 22.6. The highest BCUT2D eigenvalue weighted by molar-refractivity contribution is 5.78. The Bertz CT molecular complexity index is 1530. The lowest BCUT2D eigenvalue weighted by atomic mass is 9.68. The van der Waals surface area contributed by atoms with E-state index in [2.05, 4.69) is 40.4 Å². The molecule has 7 rings (SSSR count). The Kier molecular flexibility index (Phi) is 8.66. The summed E-state index contributed by atoms with van der Waals surface area (Å²) in [5.41, 5.74) is 2.16. The fraction of sp³-hybridized carbons (Fsp3) is 0.564. The quantitative estimate of drug-likeness (QED) is 0.200. The molecular formula is C39H49N3O5. The van der Waals surface area contributed by atoms with Gasteiger partial charge in [0.25, 0.3) is 0 Å². The van der Waals surface area contributed by atoms with Gasteiger partial charge in [-0.25, -0.2) is 4.79 Å². The number of amides is 1. The van der Waals surface area contributed by atoms with Gasteiger partial charge in [0.1, 0.15) is 18.0 Å². The number of benzene rings is 2. The summed E-state index contributed by atoms with van der Waals surface area (Å²) in [4.78, 5) is 31.2. The molecule has 3 saturated carbocycles. The predicted octanol–water partition coefficient (Wildman–Crippen LogP) is 7.59. The molecular weight excluding hydrogens is 590 g/mol. The average Bonchev–Trinajstić information content (AvgIpc) is 3.97. The molecule has 1 saturated heterocycles. The Morgan fingerprint density at radius 2 is 1.66 bits per heavy atom. The van der Waals surface area contributed by atoms with Crippen molar-refractivity contribution in [2.24, 2.45) is 5.41 Å². The third kappa shape index (κ3) is 7.13. The topological polar surface area (TPSA) is 85.1 Å². The van der Waals surface area contributed by atoms with Crippen LogP contribution in [0.1, 0.15) is 107 Å². The number of carbonyl (C=O) groups is 2. The van der Waals surface area contributed by atoms with E-state index in [-0.39, 0.29) is 28.9 Å². The van der Waals surface area contributed by atoms with Crippen molar-refractivity contribution < 1.29 is 23.6 Å². The third-order valence-electron chi connectivity index (χ3n) is 10.9. The first-order valence-electron chi connectivity index (χ1n) is 17.6. The largest absolute Gasteiger partial charge is 0.460 e. The fourth-order valence-corrected chi connectivity index (χ4v) is 7.64. The maximum absolute atomic E-state index is 13.5. The molecule has 4 fully saturated rings. The molecule has 1 amide bonds. The van der Waals surface area contributed by atoms with Gasteiger partial charge in [-0.1, -0.05) is 72.2 Å². The van der Waals surface area contributed by atoms with Gasteiger partial charge in [0.2, 0.25) is 0 Å². The Balaban J connectivity index is 0.958. The van der Waals surface area contributed by atoms with Gasteiger partial charge in [0.15, 0.2) is 0 Å². The minimum Gasteiger partial charge on any atom is -0.460 e. The van der Waals surface area contributed by atoms with Crippen molar-refractivity contribution >= 4 is 12.1 Å². The van der Waals surface area contributed by atoms with Gasteiger partial charge in [0, 0.05) is 42.4 Å².